The summed E-state index contributed by atoms with van der Waals surface area (Å²) in [4.78, 5) is 0. The van der Waals surface area contributed by atoms with Crippen LogP contribution in [-0.4, -0.2) is 17.4 Å². The number of rotatable bonds is 4. The van der Waals surface area contributed by atoms with Crippen LogP contribution in [0.4, 0.5) is 0 Å². The highest BCUT2D eigenvalue weighted by Crippen LogP contribution is 2.13. The lowest BCUT2D eigenvalue weighted by Crippen LogP contribution is -2.34. The molecule has 0 aliphatic rings. The van der Waals surface area contributed by atoms with Crippen LogP contribution in [0.2, 0.25) is 32.2 Å². The molecule has 0 heterocycles. The van der Waals surface area contributed by atoms with Crippen molar-refractivity contribution in [2.45, 2.75) is 45.6 Å². The Morgan fingerprint density at radius 3 is 2.10 bits per heavy atom. The van der Waals surface area contributed by atoms with Crippen LogP contribution < -0.4 is 0 Å². The van der Waals surface area contributed by atoms with E-state index < -0.39 is 17.4 Å². The maximum Gasteiger partial charge on any atom is 0.191 e. The van der Waals surface area contributed by atoms with E-state index in [0.717, 1.165) is 0 Å². The summed E-state index contributed by atoms with van der Waals surface area (Å²) >= 11 is 0. The molecule has 0 bridgehead atoms. The fraction of sp³-hybridized carbons (Fsp3) is 1.00. The Balaban J connectivity index is 3.63. The van der Waals surface area contributed by atoms with Crippen LogP contribution >= 0.6 is 0 Å². The Hall–Kier alpha value is 0.394. The fourth-order valence-electron chi connectivity index (χ4n) is 1.21. The van der Waals surface area contributed by atoms with Gasteiger partial charge in [-0.15, -0.1) is 0 Å². The topological polar surface area (TPSA) is 9.23 Å². The third-order valence-corrected chi connectivity index (χ3v) is 6.88. The second-order valence-electron chi connectivity index (χ2n) is 3.52. The van der Waals surface area contributed by atoms with Gasteiger partial charge in [-0.05, 0) is 32.2 Å². The highest BCUT2D eigenvalue weighted by atomic mass is 28.4. The standard InChI is InChI=1S/C7H19OSi2/c1-6-7-10(4,5)8-9(2)3/h6-7H2,1-5H3. The maximum atomic E-state index is 5.92. The molecule has 0 unspecified atom stereocenters. The minimum Gasteiger partial charge on any atom is -0.456 e. The van der Waals surface area contributed by atoms with E-state index in [4.69, 9.17) is 4.12 Å². The first-order valence-electron chi connectivity index (χ1n) is 3.97. The molecule has 0 aromatic rings. The minimum absolute atomic E-state index is 0.452. The molecule has 0 amide bonds. The van der Waals surface area contributed by atoms with Crippen molar-refractivity contribution < 1.29 is 4.12 Å². The molecule has 0 aliphatic heterocycles. The Morgan fingerprint density at radius 2 is 1.80 bits per heavy atom. The summed E-state index contributed by atoms with van der Waals surface area (Å²) in [6.45, 7) is 11.3. The van der Waals surface area contributed by atoms with Gasteiger partial charge in [0, 0.05) is 0 Å². The summed E-state index contributed by atoms with van der Waals surface area (Å²) in [7, 11) is -1.67. The molecule has 0 fully saturated rings. The molecule has 0 atom stereocenters. The molecule has 1 radical (unpaired) electrons. The third-order valence-electron chi connectivity index (χ3n) is 1.33. The van der Waals surface area contributed by atoms with E-state index in [2.05, 4.69) is 33.1 Å². The largest absolute Gasteiger partial charge is 0.456 e. The molecular formula is C7H19OSi2. The fourth-order valence-corrected chi connectivity index (χ4v) is 7.24. The van der Waals surface area contributed by atoms with Gasteiger partial charge in [-0.25, -0.2) is 0 Å². The predicted octanol–water partition coefficient (Wildman–Crippen LogP) is 2.87. The average Bonchev–Trinajstić information content (AvgIpc) is 1.59. The summed E-state index contributed by atoms with van der Waals surface area (Å²) in [5.74, 6) is 0. The SMILES string of the molecule is CCC[Si](C)(C)O[Si](C)C. The van der Waals surface area contributed by atoms with Gasteiger partial charge < -0.3 is 4.12 Å². The second-order valence-corrected chi connectivity index (χ2v) is 10.2. The minimum atomic E-state index is -1.22. The van der Waals surface area contributed by atoms with Gasteiger partial charge in [-0.3, -0.25) is 0 Å². The van der Waals surface area contributed by atoms with Crippen molar-refractivity contribution in [3.05, 3.63) is 0 Å². The van der Waals surface area contributed by atoms with Crippen molar-refractivity contribution in [2.75, 3.05) is 0 Å². The van der Waals surface area contributed by atoms with E-state index in [-0.39, 0.29) is 0 Å². The van der Waals surface area contributed by atoms with Crippen molar-refractivity contribution in [2.24, 2.45) is 0 Å². The van der Waals surface area contributed by atoms with Gasteiger partial charge in [0.1, 0.15) is 0 Å². The van der Waals surface area contributed by atoms with E-state index in [9.17, 15) is 0 Å². The van der Waals surface area contributed by atoms with Crippen molar-refractivity contribution >= 4 is 17.4 Å². The zero-order valence-corrected chi connectivity index (χ0v) is 9.82. The highest BCUT2D eigenvalue weighted by Gasteiger charge is 2.21. The Labute approximate surface area is 67.6 Å². The zero-order chi connectivity index (χ0) is 8.20. The Morgan fingerprint density at radius 1 is 1.30 bits per heavy atom. The summed E-state index contributed by atoms with van der Waals surface area (Å²) in [6, 6.07) is 1.31. The zero-order valence-electron chi connectivity index (χ0n) is 7.82. The van der Waals surface area contributed by atoms with E-state index in [0.29, 0.717) is 0 Å². The molecule has 0 aliphatic carbocycles. The second kappa shape index (κ2) is 4.31. The van der Waals surface area contributed by atoms with Gasteiger partial charge in [-0.2, -0.15) is 0 Å². The van der Waals surface area contributed by atoms with Gasteiger partial charge in [0.2, 0.25) is 0 Å². The van der Waals surface area contributed by atoms with Gasteiger partial charge in [0.25, 0.3) is 0 Å². The molecule has 10 heavy (non-hydrogen) atoms. The molecular weight excluding hydrogens is 156 g/mol. The lowest BCUT2D eigenvalue weighted by molar-refractivity contribution is 0.568. The van der Waals surface area contributed by atoms with Crippen LogP contribution in [0.15, 0.2) is 0 Å². The average molecular weight is 175 g/mol. The maximum absolute atomic E-state index is 5.92. The number of hydrogen-bond donors (Lipinski definition) is 0. The van der Waals surface area contributed by atoms with Crippen LogP contribution in [0.1, 0.15) is 13.3 Å². The smallest absolute Gasteiger partial charge is 0.191 e. The Kier molecular flexibility index (Phi) is 4.48. The first-order valence-corrected chi connectivity index (χ1v) is 9.49. The predicted molar refractivity (Wildman–Crippen MR) is 51.1 cm³/mol. The van der Waals surface area contributed by atoms with Crippen molar-refractivity contribution in [1.82, 2.24) is 0 Å². The van der Waals surface area contributed by atoms with E-state index in [1.165, 1.54) is 12.5 Å². The van der Waals surface area contributed by atoms with Crippen LogP contribution in [-0.2, 0) is 4.12 Å². The molecule has 1 nitrogen and oxygen atoms in total. The molecule has 0 spiro atoms. The van der Waals surface area contributed by atoms with Gasteiger partial charge in [-0.1, -0.05) is 13.3 Å². The molecule has 0 aromatic heterocycles. The summed E-state index contributed by atoms with van der Waals surface area (Å²) in [5, 5.41) is 0. The van der Waals surface area contributed by atoms with Crippen LogP contribution in [0.5, 0.6) is 0 Å². The summed E-state index contributed by atoms with van der Waals surface area (Å²) < 4.78 is 5.92. The van der Waals surface area contributed by atoms with Gasteiger partial charge in [0.05, 0.1) is 0 Å². The molecule has 0 saturated carbocycles. The summed E-state index contributed by atoms with van der Waals surface area (Å²) in [5.41, 5.74) is 0. The van der Waals surface area contributed by atoms with E-state index >= 15 is 0 Å². The molecule has 0 rings (SSSR count). The highest BCUT2D eigenvalue weighted by molar-refractivity contribution is 6.77. The van der Waals surface area contributed by atoms with Crippen molar-refractivity contribution in [3.8, 4) is 0 Å². The lowest BCUT2D eigenvalue weighted by Gasteiger charge is -2.24. The Bertz CT molecular complexity index is 91.6. The van der Waals surface area contributed by atoms with Gasteiger partial charge >= 0.3 is 0 Å². The van der Waals surface area contributed by atoms with Crippen molar-refractivity contribution in [1.29, 1.82) is 0 Å². The first-order chi connectivity index (χ1) is 4.48. The quantitative estimate of drug-likeness (QED) is 0.597. The van der Waals surface area contributed by atoms with Crippen LogP contribution in [0, 0.1) is 0 Å². The van der Waals surface area contributed by atoms with Gasteiger partial charge in [0.15, 0.2) is 17.4 Å². The number of hydrogen-bond acceptors (Lipinski definition) is 1. The van der Waals surface area contributed by atoms with Crippen LogP contribution in [0.25, 0.3) is 0 Å². The normalized spacial score (nSPS) is 12.6. The first kappa shape index (κ1) is 10.4. The summed E-state index contributed by atoms with van der Waals surface area (Å²) in [6.07, 6.45) is 1.27. The molecule has 0 saturated heterocycles. The van der Waals surface area contributed by atoms with Crippen molar-refractivity contribution in [3.63, 3.8) is 0 Å². The molecule has 3 heteroatoms. The third kappa shape index (κ3) is 5.20. The van der Waals surface area contributed by atoms with Crippen LogP contribution in [0.3, 0.4) is 0 Å². The molecule has 0 N–H and O–H groups in total. The molecule has 0 aromatic carbocycles. The van der Waals surface area contributed by atoms with E-state index in [1.807, 2.05) is 0 Å². The molecule has 61 valence electrons. The monoisotopic (exact) mass is 175 g/mol. The lowest BCUT2D eigenvalue weighted by atomic mass is 10.6. The van der Waals surface area contributed by atoms with E-state index in [1.54, 1.807) is 0 Å².